The number of aromatic nitrogens is 1. The number of hydrogen-bond donors (Lipinski definition) is 0. The van der Waals surface area contributed by atoms with Crippen molar-refractivity contribution in [1.82, 2.24) is 4.57 Å². The second kappa shape index (κ2) is 6.82. The van der Waals surface area contributed by atoms with Crippen molar-refractivity contribution >= 4 is 40.0 Å². The number of nitrogens with zero attached hydrogens (tertiary/aromatic N) is 2. The lowest BCUT2D eigenvalue weighted by Crippen LogP contribution is -2.19. The van der Waals surface area contributed by atoms with E-state index in [2.05, 4.69) is 41.3 Å². The van der Waals surface area contributed by atoms with Crippen LogP contribution in [-0.4, -0.2) is 4.57 Å². The van der Waals surface area contributed by atoms with Gasteiger partial charge in [0.15, 0.2) is 4.80 Å². The van der Waals surface area contributed by atoms with Gasteiger partial charge in [0.05, 0.1) is 16.3 Å². The largest absolute Gasteiger partial charge is 0.313 e. The molecule has 3 aromatic rings. The lowest BCUT2D eigenvalue weighted by Gasteiger charge is -2.14. The Morgan fingerprint density at radius 2 is 1.95 bits per heavy atom. The molecule has 5 heteroatoms. The lowest BCUT2D eigenvalue weighted by molar-refractivity contribution is 0.524. The van der Waals surface area contributed by atoms with Crippen molar-refractivity contribution in [3.63, 3.8) is 0 Å². The molecular weight excluding hydrogens is 332 g/mol. The van der Waals surface area contributed by atoms with E-state index in [1.807, 2.05) is 24.3 Å². The van der Waals surface area contributed by atoms with Crippen LogP contribution in [-0.2, 0) is 0 Å². The van der Waals surface area contributed by atoms with E-state index in [1.54, 1.807) is 22.7 Å². The fraction of sp³-hybridized carbons (Fsp3) is 0.235. The fourth-order valence-electron chi connectivity index (χ4n) is 2.24. The van der Waals surface area contributed by atoms with Crippen molar-refractivity contribution in [3.8, 4) is 10.6 Å². The zero-order chi connectivity index (χ0) is 15.5. The van der Waals surface area contributed by atoms with Crippen LogP contribution in [0.15, 0.2) is 52.2 Å². The summed E-state index contributed by atoms with van der Waals surface area (Å²) in [5, 5.41) is 5.05. The van der Waals surface area contributed by atoms with Crippen LogP contribution in [0, 0.1) is 0 Å². The molecule has 3 rings (SSSR count). The Balaban J connectivity index is 2.13. The second-order valence-electron chi connectivity index (χ2n) is 5.10. The minimum absolute atomic E-state index is 0.411. The molecule has 114 valence electrons. The summed E-state index contributed by atoms with van der Waals surface area (Å²) >= 11 is 9.40. The van der Waals surface area contributed by atoms with Gasteiger partial charge in [0.1, 0.15) is 0 Å². The molecule has 2 heterocycles. The third-order valence-corrected chi connectivity index (χ3v) is 5.58. The third kappa shape index (κ3) is 3.19. The average molecular weight is 349 g/mol. The summed E-state index contributed by atoms with van der Waals surface area (Å²) < 4.78 is 2.34. The smallest absolute Gasteiger partial charge is 0.190 e. The number of thiazole rings is 1. The van der Waals surface area contributed by atoms with Gasteiger partial charge in [-0.15, -0.1) is 22.7 Å². The number of thiophene rings is 1. The maximum Gasteiger partial charge on any atom is 0.190 e. The van der Waals surface area contributed by atoms with Gasteiger partial charge in [-0.3, -0.25) is 0 Å². The molecule has 1 atom stereocenters. The van der Waals surface area contributed by atoms with Gasteiger partial charge >= 0.3 is 0 Å². The van der Waals surface area contributed by atoms with Gasteiger partial charge in [0, 0.05) is 16.4 Å². The van der Waals surface area contributed by atoms with E-state index in [-0.39, 0.29) is 0 Å². The first-order chi connectivity index (χ1) is 10.7. The molecule has 0 spiro atoms. The molecule has 0 bridgehead atoms. The molecule has 0 N–H and O–H groups in total. The predicted molar refractivity (Wildman–Crippen MR) is 97.3 cm³/mol. The van der Waals surface area contributed by atoms with Crippen LogP contribution >= 0.6 is 34.3 Å². The topological polar surface area (TPSA) is 17.3 Å². The normalized spacial score (nSPS) is 13.5. The monoisotopic (exact) mass is 348 g/mol. The third-order valence-electron chi connectivity index (χ3n) is 3.60. The van der Waals surface area contributed by atoms with Crippen LogP contribution in [0.25, 0.3) is 10.6 Å². The van der Waals surface area contributed by atoms with Crippen LogP contribution < -0.4 is 4.80 Å². The number of halogens is 1. The van der Waals surface area contributed by atoms with Crippen molar-refractivity contribution in [2.75, 3.05) is 0 Å². The molecule has 1 unspecified atom stereocenters. The Kier molecular flexibility index (Phi) is 4.81. The maximum absolute atomic E-state index is 5.95. The summed E-state index contributed by atoms with van der Waals surface area (Å²) in [4.78, 5) is 7.12. The summed E-state index contributed by atoms with van der Waals surface area (Å²) in [6.45, 7) is 4.45. The Morgan fingerprint density at radius 1 is 1.18 bits per heavy atom. The molecule has 22 heavy (non-hydrogen) atoms. The van der Waals surface area contributed by atoms with Gasteiger partial charge in [-0.25, -0.2) is 4.99 Å². The summed E-state index contributed by atoms with van der Waals surface area (Å²) in [5.74, 6) is 0. The van der Waals surface area contributed by atoms with Crippen molar-refractivity contribution in [2.24, 2.45) is 4.99 Å². The highest BCUT2D eigenvalue weighted by Crippen LogP contribution is 2.28. The molecule has 2 nitrogen and oxygen atoms in total. The summed E-state index contributed by atoms with van der Waals surface area (Å²) in [6.07, 6.45) is 1.07. The summed E-state index contributed by atoms with van der Waals surface area (Å²) in [6, 6.07) is 12.3. The van der Waals surface area contributed by atoms with E-state index in [0.29, 0.717) is 6.04 Å². The Labute approximate surface area is 143 Å². The van der Waals surface area contributed by atoms with Crippen LogP contribution in [0.1, 0.15) is 26.3 Å². The second-order valence-corrected chi connectivity index (χ2v) is 7.32. The molecule has 0 radical (unpaired) electrons. The number of rotatable bonds is 4. The summed E-state index contributed by atoms with van der Waals surface area (Å²) in [7, 11) is 0. The lowest BCUT2D eigenvalue weighted by atomic mass is 10.2. The van der Waals surface area contributed by atoms with Gasteiger partial charge in [-0.2, -0.15) is 0 Å². The molecule has 0 aliphatic rings. The van der Waals surface area contributed by atoms with E-state index in [4.69, 9.17) is 16.6 Å². The maximum atomic E-state index is 5.95. The Bertz CT molecular complexity index is 798. The first-order valence-corrected chi connectivity index (χ1v) is 9.37. The van der Waals surface area contributed by atoms with Gasteiger partial charge in [0.2, 0.25) is 0 Å². The zero-order valence-corrected chi connectivity index (χ0v) is 14.9. The number of benzene rings is 1. The average Bonchev–Trinajstić information content (AvgIpc) is 3.18. The standard InChI is InChI=1S/C17H17ClN2S2/c1-3-12(2)20-15(16-5-4-10-21-16)11-22-17(20)19-14-8-6-13(18)7-9-14/h4-12H,3H2,1-2H3. The number of hydrogen-bond acceptors (Lipinski definition) is 3. The molecule has 0 saturated heterocycles. The molecule has 0 aliphatic heterocycles. The van der Waals surface area contributed by atoms with Crippen LogP contribution in [0.3, 0.4) is 0 Å². The fourth-order valence-corrected chi connectivity index (χ4v) is 4.19. The van der Waals surface area contributed by atoms with Crippen molar-refractivity contribution in [2.45, 2.75) is 26.3 Å². The Hall–Kier alpha value is -1.36. The minimum Gasteiger partial charge on any atom is -0.313 e. The van der Waals surface area contributed by atoms with E-state index in [9.17, 15) is 0 Å². The SMILES string of the molecule is CCC(C)n1c(-c2cccs2)csc1=Nc1ccc(Cl)cc1. The predicted octanol–water partition coefficient (Wildman–Crippen LogP) is 6.13. The first kappa shape index (κ1) is 15.5. The van der Waals surface area contributed by atoms with E-state index < -0.39 is 0 Å². The molecule has 2 aromatic heterocycles. The zero-order valence-electron chi connectivity index (χ0n) is 12.5. The van der Waals surface area contributed by atoms with Crippen LogP contribution in [0.5, 0.6) is 0 Å². The molecule has 0 amide bonds. The highest BCUT2D eigenvalue weighted by molar-refractivity contribution is 7.14. The molecule has 0 aliphatic carbocycles. The van der Waals surface area contributed by atoms with Crippen molar-refractivity contribution < 1.29 is 0 Å². The van der Waals surface area contributed by atoms with E-state index in [0.717, 1.165) is 21.9 Å². The van der Waals surface area contributed by atoms with E-state index >= 15 is 0 Å². The van der Waals surface area contributed by atoms with Gasteiger partial charge in [-0.05, 0) is 49.1 Å². The Morgan fingerprint density at radius 3 is 2.59 bits per heavy atom. The van der Waals surface area contributed by atoms with E-state index in [1.165, 1.54) is 10.6 Å². The quantitative estimate of drug-likeness (QED) is 0.539. The van der Waals surface area contributed by atoms with Gasteiger partial charge in [-0.1, -0.05) is 24.6 Å². The highest BCUT2D eigenvalue weighted by Gasteiger charge is 2.13. The minimum atomic E-state index is 0.411. The van der Waals surface area contributed by atoms with Crippen LogP contribution in [0.2, 0.25) is 5.02 Å². The summed E-state index contributed by atoms with van der Waals surface area (Å²) in [5.41, 5.74) is 2.18. The molecular formula is C17H17ClN2S2. The first-order valence-electron chi connectivity index (χ1n) is 7.23. The van der Waals surface area contributed by atoms with Crippen LogP contribution in [0.4, 0.5) is 5.69 Å². The van der Waals surface area contributed by atoms with Gasteiger partial charge in [0.25, 0.3) is 0 Å². The molecule has 0 fully saturated rings. The van der Waals surface area contributed by atoms with Crippen molar-refractivity contribution in [3.05, 3.63) is 57.0 Å². The highest BCUT2D eigenvalue weighted by atomic mass is 35.5. The van der Waals surface area contributed by atoms with Gasteiger partial charge < -0.3 is 4.57 Å². The van der Waals surface area contributed by atoms with Crippen molar-refractivity contribution in [1.29, 1.82) is 0 Å². The molecule has 1 aromatic carbocycles. The molecule has 0 saturated carbocycles.